The highest BCUT2D eigenvalue weighted by Gasteiger charge is 2.27. The predicted molar refractivity (Wildman–Crippen MR) is 128 cm³/mol. The Morgan fingerprint density at radius 1 is 1.09 bits per heavy atom. The van der Waals surface area contributed by atoms with Crippen LogP contribution in [0.5, 0.6) is 0 Å². The molecule has 1 saturated heterocycles. The summed E-state index contributed by atoms with van der Waals surface area (Å²) >= 11 is 0. The first-order valence-electron chi connectivity index (χ1n) is 11.3. The lowest BCUT2D eigenvalue weighted by Gasteiger charge is -2.30. The summed E-state index contributed by atoms with van der Waals surface area (Å²) in [6.45, 7) is 5.28. The van der Waals surface area contributed by atoms with Crippen molar-refractivity contribution < 1.29 is 17.6 Å². The number of para-hydroxylation sites is 2. The van der Waals surface area contributed by atoms with Crippen molar-refractivity contribution in [2.45, 2.75) is 45.0 Å². The molecule has 0 aliphatic carbocycles. The summed E-state index contributed by atoms with van der Waals surface area (Å²) in [6.07, 6.45) is 1.41. The van der Waals surface area contributed by atoms with Crippen molar-refractivity contribution in [2.24, 2.45) is 5.92 Å². The van der Waals surface area contributed by atoms with E-state index in [0.717, 1.165) is 16.7 Å². The minimum absolute atomic E-state index is 0.00909. The van der Waals surface area contributed by atoms with Crippen molar-refractivity contribution in [1.82, 2.24) is 15.0 Å². The van der Waals surface area contributed by atoms with Gasteiger partial charge in [0.05, 0.1) is 5.75 Å². The van der Waals surface area contributed by atoms with Crippen molar-refractivity contribution in [3.05, 3.63) is 59.7 Å². The van der Waals surface area contributed by atoms with Crippen molar-refractivity contribution >= 4 is 33.0 Å². The number of piperidine rings is 1. The van der Waals surface area contributed by atoms with E-state index in [0.29, 0.717) is 44.1 Å². The van der Waals surface area contributed by atoms with Gasteiger partial charge < -0.3 is 14.6 Å². The number of anilines is 1. The molecule has 0 spiro atoms. The Bertz CT molecular complexity index is 1180. The number of carbonyl (C=O) groups is 1. The third kappa shape index (κ3) is 5.91. The standard InChI is InChI=1S/C24H30N4O4S/c1-17(2)27-33(30,31)16-20-8-4-3-7-19(20)15-25-23(29)18-11-13-28(14-12-18)24-26-21-9-5-6-10-22(21)32-24/h3-10,17-18,27H,11-16H2,1-2H3,(H,25,29). The molecule has 8 nitrogen and oxygen atoms in total. The van der Waals surface area contributed by atoms with Gasteiger partial charge in [-0.2, -0.15) is 4.98 Å². The lowest BCUT2D eigenvalue weighted by atomic mass is 9.96. The van der Waals surface area contributed by atoms with Gasteiger partial charge in [0.25, 0.3) is 6.01 Å². The molecule has 1 aromatic heterocycles. The van der Waals surface area contributed by atoms with E-state index < -0.39 is 10.0 Å². The molecule has 0 atom stereocenters. The average molecular weight is 471 g/mol. The number of rotatable bonds is 8. The summed E-state index contributed by atoms with van der Waals surface area (Å²) in [5.41, 5.74) is 3.09. The van der Waals surface area contributed by atoms with E-state index >= 15 is 0 Å². The number of aromatic nitrogens is 1. The van der Waals surface area contributed by atoms with Crippen LogP contribution in [0.25, 0.3) is 11.1 Å². The van der Waals surface area contributed by atoms with E-state index in [1.54, 1.807) is 19.9 Å². The molecular weight excluding hydrogens is 440 g/mol. The zero-order valence-corrected chi connectivity index (χ0v) is 19.8. The van der Waals surface area contributed by atoms with Gasteiger partial charge in [-0.15, -0.1) is 0 Å². The molecule has 4 rings (SSSR count). The molecule has 0 bridgehead atoms. The Morgan fingerprint density at radius 3 is 2.45 bits per heavy atom. The normalized spacial score (nSPS) is 15.3. The molecular formula is C24H30N4O4S. The lowest BCUT2D eigenvalue weighted by molar-refractivity contribution is -0.125. The maximum absolute atomic E-state index is 12.8. The van der Waals surface area contributed by atoms with E-state index in [4.69, 9.17) is 4.42 Å². The molecule has 1 aliphatic heterocycles. The Balaban J connectivity index is 1.32. The molecule has 9 heteroatoms. The van der Waals surface area contributed by atoms with Gasteiger partial charge in [-0.1, -0.05) is 36.4 Å². The maximum atomic E-state index is 12.8. The van der Waals surface area contributed by atoms with Gasteiger partial charge in [-0.05, 0) is 49.9 Å². The van der Waals surface area contributed by atoms with Crippen LogP contribution in [0.3, 0.4) is 0 Å². The number of benzene rings is 2. The second-order valence-electron chi connectivity index (χ2n) is 8.74. The molecule has 2 N–H and O–H groups in total. The molecule has 1 amide bonds. The van der Waals surface area contributed by atoms with Gasteiger partial charge >= 0.3 is 0 Å². The topological polar surface area (TPSA) is 105 Å². The first kappa shape index (κ1) is 23.3. The van der Waals surface area contributed by atoms with Gasteiger partial charge in [0.2, 0.25) is 15.9 Å². The van der Waals surface area contributed by atoms with Gasteiger partial charge in [0, 0.05) is 31.6 Å². The Morgan fingerprint density at radius 2 is 1.76 bits per heavy atom. The highest BCUT2D eigenvalue weighted by Crippen LogP contribution is 2.26. The maximum Gasteiger partial charge on any atom is 0.298 e. The van der Waals surface area contributed by atoms with Crippen LogP contribution in [0, 0.1) is 5.92 Å². The molecule has 1 fully saturated rings. The minimum atomic E-state index is -3.44. The van der Waals surface area contributed by atoms with Crippen molar-refractivity contribution in [2.75, 3.05) is 18.0 Å². The van der Waals surface area contributed by atoms with Gasteiger partial charge in [0.1, 0.15) is 5.52 Å². The smallest absolute Gasteiger partial charge is 0.298 e. The zero-order chi connectivity index (χ0) is 23.4. The number of fused-ring (bicyclic) bond motifs is 1. The summed E-state index contributed by atoms with van der Waals surface area (Å²) in [5, 5.41) is 3.00. The van der Waals surface area contributed by atoms with E-state index in [-0.39, 0.29) is 23.6 Å². The summed E-state index contributed by atoms with van der Waals surface area (Å²) in [5.74, 6) is -0.213. The highest BCUT2D eigenvalue weighted by atomic mass is 32.2. The summed E-state index contributed by atoms with van der Waals surface area (Å²) < 4.78 is 33.1. The van der Waals surface area contributed by atoms with E-state index in [2.05, 4.69) is 19.9 Å². The van der Waals surface area contributed by atoms with E-state index in [1.165, 1.54) is 0 Å². The fraction of sp³-hybridized carbons (Fsp3) is 0.417. The molecule has 0 saturated carbocycles. The van der Waals surface area contributed by atoms with Crippen LogP contribution in [-0.2, 0) is 27.1 Å². The van der Waals surface area contributed by atoms with Gasteiger partial charge in [-0.25, -0.2) is 13.1 Å². The third-order valence-corrected chi connectivity index (χ3v) is 7.27. The number of nitrogens with one attached hydrogen (secondary N) is 2. The van der Waals surface area contributed by atoms with Gasteiger partial charge in [0.15, 0.2) is 5.58 Å². The van der Waals surface area contributed by atoms with Gasteiger partial charge in [-0.3, -0.25) is 4.79 Å². The summed E-state index contributed by atoms with van der Waals surface area (Å²) in [6, 6.07) is 15.4. The monoisotopic (exact) mass is 470 g/mol. The van der Waals surface area contributed by atoms with Crippen molar-refractivity contribution in [3.8, 4) is 0 Å². The van der Waals surface area contributed by atoms with Crippen LogP contribution in [0.1, 0.15) is 37.8 Å². The quantitative estimate of drug-likeness (QED) is 0.524. The number of hydrogen-bond acceptors (Lipinski definition) is 6. The number of oxazole rings is 1. The molecule has 0 unspecified atom stereocenters. The molecule has 176 valence electrons. The molecule has 3 aromatic rings. The first-order valence-corrected chi connectivity index (χ1v) is 12.9. The molecule has 33 heavy (non-hydrogen) atoms. The highest BCUT2D eigenvalue weighted by molar-refractivity contribution is 7.88. The van der Waals surface area contributed by atoms with Crippen LogP contribution >= 0.6 is 0 Å². The molecule has 1 aliphatic rings. The van der Waals surface area contributed by atoms with Crippen LogP contribution in [0.15, 0.2) is 52.9 Å². The number of hydrogen-bond donors (Lipinski definition) is 2. The van der Waals surface area contributed by atoms with Crippen LogP contribution in [-0.4, -0.2) is 38.4 Å². The van der Waals surface area contributed by atoms with Crippen molar-refractivity contribution in [1.29, 1.82) is 0 Å². The van der Waals surface area contributed by atoms with E-state index in [1.807, 2.05) is 42.5 Å². The predicted octanol–water partition coefficient (Wildman–Crippen LogP) is 3.19. The van der Waals surface area contributed by atoms with Crippen molar-refractivity contribution in [3.63, 3.8) is 0 Å². The van der Waals surface area contributed by atoms with E-state index in [9.17, 15) is 13.2 Å². The molecule has 2 aromatic carbocycles. The Hall–Kier alpha value is -2.91. The summed E-state index contributed by atoms with van der Waals surface area (Å²) in [4.78, 5) is 19.4. The van der Waals surface area contributed by atoms with Crippen LogP contribution in [0.4, 0.5) is 6.01 Å². The molecule has 2 heterocycles. The Labute approximate surface area is 194 Å². The average Bonchev–Trinajstić information content (AvgIpc) is 3.21. The summed E-state index contributed by atoms with van der Waals surface area (Å²) in [7, 11) is -3.44. The first-order chi connectivity index (χ1) is 15.8. The lowest BCUT2D eigenvalue weighted by Crippen LogP contribution is -2.40. The third-order valence-electron chi connectivity index (χ3n) is 5.75. The molecule has 0 radical (unpaired) electrons. The number of carbonyl (C=O) groups excluding carboxylic acids is 1. The second-order valence-corrected chi connectivity index (χ2v) is 10.5. The Kier molecular flexibility index (Phi) is 6.99. The largest absolute Gasteiger partial charge is 0.423 e. The zero-order valence-electron chi connectivity index (χ0n) is 19.0. The fourth-order valence-electron chi connectivity index (χ4n) is 4.13. The number of nitrogens with zero attached hydrogens (tertiary/aromatic N) is 2. The van der Waals surface area contributed by atoms with Crippen LogP contribution < -0.4 is 14.9 Å². The minimum Gasteiger partial charge on any atom is -0.423 e. The second kappa shape index (κ2) is 9.93. The fourth-order valence-corrected chi connectivity index (χ4v) is 5.62. The number of amides is 1. The van der Waals surface area contributed by atoms with Crippen LogP contribution in [0.2, 0.25) is 0 Å². The number of sulfonamides is 1. The SMILES string of the molecule is CC(C)NS(=O)(=O)Cc1ccccc1CNC(=O)C1CCN(c2nc3ccccc3o2)CC1.